The summed E-state index contributed by atoms with van der Waals surface area (Å²) in [6, 6.07) is 7.59. The number of rotatable bonds is 12. The number of ketones is 1. The summed E-state index contributed by atoms with van der Waals surface area (Å²) in [7, 11) is 0. The number of ether oxygens (including phenoxy) is 6. The molecule has 0 spiro atoms. The third kappa shape index (κ3) is 8.89. The fourth-order valence-electron chi connectivity index (χ4n) is 5.80. The van der Waals surface area contributed by atoms with Gasteiger partial charge in [0.25, 0.3) is 0 Å². The third-order valence-corrected chi connectivity index (χ3v) is 8.91. The zero-order valence-electron chi connectivity index (χ0n) is 27.6. The predicted molar refractivity (Wildman–Crippen MR) is 171 cm³/mol. The molecule has 13 N–H and O–H groups in total. The number of phenolic OH excluding ortho intramolecular Hbond substituents is 2. The van der Waals surface area contributed by atoms with Gasteiger partial charge in [-0.25, -0.2) is 0 Å². The zero-order chi connectivity index (χ0) is 38.7. The molecule has 0 aromatic heterocycles. The zero-order valence-corrected chi connectivity index (χ0v) is 27.6. The van der Waals surface area contributed by atoms with Gasteiger partial charge in [-0.05, 0) is 23.8 Å². The molecule has 3 heterocycles. The van der Waals surface area contributed by atoms with Crippen molar-refractivity contribution in [3.63, 3.8) is 0 Å². The minimum Gasteiger partial charge on any atom is -0.508 e. The van der Waals surface area contributed by atoms with Crippen molar-refractivity contribution < 1.29 is 99.6 Å². The summed E-state index contributed by atoms with van der Waals surface area (Å²) in [5.74, 6) is -2.64. The molecule has 2 aromatic rings. The van der Waals surface area contributed by atoms with Crippen LogP contribution in [0.4, 0.5) is 0 Å². The number of hydrogen-bond donors (Lipinski definition) is 13. The van der Waals surface area contributed by atoms with Crippen LogP contribution in [0.25, 0.3) is 6.08 Å². The van der Waals surface area contributed by atoms with Gasteiger partial charge < -0.3 is 94.8 Å². The first-order chi connectivity index (χ1) is 25.1. The Morgan fingerprint density at radius 2 is 1.11 bits per heavy atom. The van der Waals surface area contributed by atoms with Gasteiger partial charge in [-0.1, -0.05) is 18.2 Å². The molecule has 2 aromatic carbocycles. The lowest BCUT2D eigenvalue weighted by molar-refractivity contribution is -0.323. The minimum atomic E-state index is -1.96. The summed E-state index contributed by atoms with van der Waals surface area (Å²) in [6.07, 6.45) is -23.8. The van der Waals surface area contributed by atoms with Crippen molar-refractivity contribution >= 4 is 11.9 Å². The predicted octanol–water partition coefficient (Wildman–Crippen LogP) is -4.82. The molecule has 3 fully saturated rings. The van der Waals surface area contributed by atoms with E-state index in [0.29, 0.717) is 5.56 Å². The molecule has 0 bridgehead atoms. The lowest BCUT2D eigenvalue weighted by Crippen LogP contribution is -2.62. The molecule has 20 nitrogen and oxygen atoms in total. The Morgan fingerprint density at radius 1 is 0.623 bits per heavy atom. The molecule has 0 aliphatic carbocycles. The normalized spacial score (nSPS) is 37.8. The summed E-state index contributed by atoms with van der Waals surface area (Å²) >= 11 is 0. The van der Waals surface area contributed by atoms with E-state index < -0.39 is 141 Å². The van der Waals surface area contributed by atoms with Gasteiger partial charge in [0.05, 0.1) is 19.8 Å². The van der Waals surface area contributed by atoms with Crippen LogP contribution >= 0.6 is 0 Å². The molecular weight excluding hydrogens is 716 g/mol. The fraction of sp³-hybridized carbons (Fsp3) is 0.545. The first-order valence-electron chi connectivity index (χ1n) is 16.3. The van der Waals surface area contributed by atoms with Gasteiger partial charge >= 0.3 is 0 Å². The highest BCUT2D eigenvalue weighted by Gasteiger charge is 2.49. The van der Waals surface area contributed by atoms with E-state index in [4.69, 9.17) is 28.4 Å². The largest absolute Gasteiger partial charge is 0.508 e. The van der Waals surface area contributed by atoms with E-state index in [0.717, 1.165) is 18.2 Å². The smallest absolute Gasteiger partial charge is 0.229 e. The maximum absolute atomic E-state index is 13.4. The van der Waals surface area contributed by atoms with Crippen LogP contribution in [0.5, 0.6) is 23.0 Å². The Morgan fingerprint density at radius 3 is 1.68 bits per heavy atom. The first kappa shape index (κ1) is 40.6. The molecule has 0 saturated carbocycles. The van der Waals surface area contributed by atoms with Crippen molar-refractivity contribution in [3.05, 3.63) is 53.6 Å². The molecular formula is C33H42O20. The number of hydrogen-bond acceptors (Lipinski definition) is 20. The molecule has 53 heavy (non-hydrogen) atoms. The van der Waals surface area contributed by atoms with E-state index in [1.165, 1.54) is 30.3 Å². The number of aliphatic hydroxyl groups is 11. The van der Waals surface area contributed by atoms with Crippen LogP contribution < -0.4 is 9.47 Å². The monoisotopic (exact) mass is 758 g/mol. The molecule has 0 amide bonds. The number of aromatic hydroxyl groups is 2. The number of benzene rings is 2. The third-order valence-electron chi connectivity index (χ3n) is 8.91. The van der Waals surface area contributed by atoms with E-state index in [2.05, 4.69) is 0 Å². The number of phenols is 2. The maximum atomic E-state index is 13.4. The molecule has 0 unspecified atom stereocenters. The fourth-order valence-corrected chi connectivity index (χ4v) is 5.80. The SMILES string of the molecule is O=C(C=Cc1ccc(O)cc1)c1c(O)cc(O[C@@H]2O[C@H](CO[C@H]3O[C@@H](CO)[C@H](O)[C@@H](O)[C@@H]3O)[C@@H](O)[C@H](O)[C@H]2O)cc1O[C@H]1O[C@@H](CO)[C@H](O)[C@H](O)[C@H]1O. The van der Waals surface area contributed by atoms with Gasteiger partial charge in [-0.3, -0.25) is 4.79 Å². The van der Waals surface area contributed by atoms with Crippen LogP contribution in [-0.4, -0.2) is 184 Å². The Kier molecular flexibility index (Phi) is 13.2. The number of carbonyl (C=O) groups excluding carboxylic acids is 1. The topological polar surface area (TPSA) is 335 Å². The van der Waals surface area contributed by atoms with Gasteiger partial charge in [-0.15, -0.1) is 0 Å². The second-order valence-electron chi connectivity index (χ2n) is 12.6. The van der Waals surface area contributed by atoms with Crippen LogP contribution in [-0.2, 0) is 18.9 Å². The van der Waals surface area contributed by atoms with Crippen molar-refractivity contribution in [1.29, 1.82) is 0 Å². The van der Waals surface area contributed by atoms with Crippen LogP contribution in [0.2, 0.25) is 0 Å². The summed E-state index contributed by atoms with van der Waals surface area (Å²) in [5.41, 5.74) is -0.0584. The van der Waals surface area contributed by atoms with Gasteiger partial charge in [0, 0.05) is 12.1 Å². The maximum Gasteiger partial charge on any atom is 0.229 e. The average molecular weight is 759 g/mol. The van der Waals surface area contributed by atoms with E-state index >= 15 is 0 Å². The molecule has 20 heteroatoms. The van der Waals surface area contributed by atoms with Crippen molar-refractivity contribution in [2.75, 3.05) is 19.8 Å². The second kappa shape index (κ2) is 17.3. The van der Waals surface area contributed by atoms with Crippen LogP contribution in [0.15, 0.2) is 42.5 Å². The highest BCUT2D eigenvalue weighted by molar-refractivity contribution is 6.10. The van der Waals surface area contributed by atoms with Crippen LogP contribution in [0, 0.1) is 0 Å². The van der Waals surface area contributed by atoms with Crippen molar-refractivity contribution in [3.8, 4) is 23.0 Å². The molecule has 294 valence electrons. The summed E-state index contributed by atoms with van der Waals surface area (Å²) in [6.45, 7) is -2.24. The average Bonchev–Trinajstić information content (AvgIpc) is 3.14. The first-order valence-corrected chi connectivity index (χ1v) is 16.3. The number of carbonyl (C=O) groups is 1. The Labute approximate surface area is 300 Å². The number of aliphatic hydroxyl groups excluding tert-OH is 11. The van der Waals surface area contributed by atoms with Crippen LogP contribution in [0.3, 0.4) is 0 Å². The molecule has 3 aliphatic heterocycles. The lowest BCUT2D eigenvalue weighted by atomic mass is 9.98. The van der Waals surface area contributed by atoms with E-state index in [9.17, 15) is 71.2 Å². The Balaban J connectivity index is 1.39. The molecule has 0 radical (unpaired) electrons. The van der Waals surface area contributed by atoms with Gasteiger partial charge in [0.1, 0.15) is 102 Å². The van der Waals surface area contributed by atoms with Crippen molar-refractivity contribution in [2.45, 2.75) is 92.1 Å². The minimum absolute atomic E-state index is 0.0290. The Bertz CT molecular complexity index is 1550. The van der Waals surface area contributed by atoms with Crippen LogP contribution in [0.1, 0.15) is 15.9 Å². The summed E-state index contributed by atoms with van der Waals surface area (Å²) in [4.78, 5) is 13.4. The lowest BCUT2D eigenvalue weighted by Gasteiger charge is -2.42. The van der Waals surface area contributed by atoms with Crippen molar-refractivity contribution in [2.24, 2.45) is 0 Å². The van der Waals surface area contributed by atoms with Gasteiger partial charge in [0.15, 0.2) is 12.1 Å². The highest BCUT2D eigenvalue weighted by Crippen LogP contribution is 2.38. The highest BCUT2D eigenvalue weighted by atomic mass is 16.7. The summed E-state index contributed by atoms with van der Waals surface area (Å²) in [5, 5.41) is 133. The van der Waals surface area contributed by atoms with Gasteiger partial charge in [0.2, 0.25) is 12.6 Å². The van der Waals surface area contributed by atoms with Gasteiger partial charge in [-0.2, -0.15) is 0 Å². The molecule has 5 rings (SSSR count). The van der Waals surface area contributed by atoms with E-state index in [1.54, 1.807) is 0 Å². The molecule has 3 aliphatic rings. The van der Waals surface area contributed by atoms with Crippen molar-refractivity contribution in [1.82, 2.24) is 0 Å². The van der Waals surface area contributed by atoms with E-state index in [-0.39, 0.29) is 5.75 Å². The van der Waals surface area contributed by atoms with E-state index in [1.807, 2.05) is 0 Å². The second-order valence-corrected chi connectivity index (χ2v) is 12.6. The summed E-state index contributed by atoms with van der Waals surface area (Å²) < 4.78 is 33.0. The quantitative estimate of drug-likeness (QED) is 0.0713. The molecule has 3 saturated heterocycles. The standard InChI is InChI=1S/C33H42O20/c34-9-18-22(39)25(42)28(45)31(51-18)48-11-20-24(41)27(44)29(46)32(53-20)49-14-7-16(38)21(15(37)6-3-12-1-4-13(36)5-2-12)17(8-14)50-33-30(47)26(43)23(40)19(10-35)52-33/h1-8,18-20,22-36,38-47H,9-11H2/t18-,19-,20+,22-,23-,24+,25+,26-,27-,28-,29+,30+,31-,32+,33-/m0/s1. The Hall–Kier alpha value is -3.55. The molecule has 15 atom stereocenters. The number of allylic oxidation sites excluding steroid dienone is 1.